The molecule has 0 bridgehead atoms. The van der Waals surface area contributed by atoms with E-state index in [4.69, 9.17) is 16.3 Å². The van der Waals surface area contributed by atoms with Gasteiger partial charge in [-0.15, -0.1) is 0 Å². The monoisotopic (exact) mass is 331 g/mol. The number of rotatable bonds is 4. The van der Waals surface area contributed by atoms with Crippen LogP contribution in [-0.4, -0.2) is 12.6 Å². The highest BCUT2D eigenvalue weighted by atomic mass is 35.5. The number of hydrogen-bond acceptors (Lipinski definition) is 2. The molecule has 5 heteroatoms. The van der Waals surface area contributed by atoms with Crippen molar-refractivity contribution in [2.75, 3.05) is 6.54 Å². The molecule has 3 nitrogen and oxygen atoms in total. The van der Waals surface area contributed by atoms with Crippen LogP contribution in [0.15, 0.2) is 48.5 Å². The summed E-state index contributed by atoms with van der Waals surface area (Å²) in [4.78, 5) is 11.5. The van der Waals surface area contributed by atoms with Crippen molar-refractivity contribution in [2.45, 2.75) is 13.0 Å². The first kappa shape index (κ1) is 16.9. The Morgan fingerprint density at radius 3 is 2.74 bits per heavy atom. The van der Waals surface area contributed by atoms with Crippen molar-refractivity contribution in [3.05, 3.63) is 70.5 Å². The minimum Gasteiger partial charge on any atom is -0.445 e. The summed E-state index contributed by atoms with van der Waals surface area (Å²) >= 11 is 5.66. The van der Waals surface area contributed by atoms with E-state index in [-0.39, 0.29) is 11.6 Å². The molecule has 2 rings (SSSR count). The van der Waals surface area contributed by atoms with Crippen molar-refractivity contribution in [1.82, 2.24) is 5.32 Å². The highest BCUT2D eigenvalue weighted by Crippen LogP contribution is 2.15. The van der Waals surface area contributed by atoms with Gasteiger partial charge < -0.3 is 10.1 Å². The van der Waals surface area contributed by atoms with Crippen LogP contribution < -0.4 is 5.32 Å². The van der Waals surface area contributed by atoms with E-state index in [1.165, 1.54) is 12.1 Å². The number of carbonyl (C=O) groups excluding carboxylic acids is 1. The van der Waals surface area contributed by atoms with Gasteiger partial charge in [0, 0.05) is 18.5 Å². The van der Waals surface area contributed by atoms with Crippen LogP contribution in [0.4, 0.5) is 9.18 Å². The van der Waals surface area contributed by atoms with Gasteiger partial charge in [0.05, 0.1) is 5.02 Å². The second-order valence-corrected chi connectivity index (χ2v) is 5.08. The van der Waals surface area contributed by atoms with Crippen molar-refractivity contribution in [1.29, 1.82) is 0 Å². The number of nitrogens with one attached hydrogen (secondary N) is 1. The van der Waals surface area contributed by atoms with Crippen LogP contribution in [0.2, 0.25) is 5.02 Å². The van der Waals surface area contributed by atoms with Crippen LogP contribution in [0.25, 0.3) is 0 Å². The minimum atomic E-state index is -0.486. The molecular weight excluding hydrogens is 317 g/mol. The van der Waals surface area contributed by atoms with E-state index in [0.717, 1.165) is 5.56 Å². The molecule has 2 aromatic carbocycles. The van der Waals surface area contributed by atoms with Crippen LogP contribution in [0.1, 0.15) is 17.5 Å². The van der Waals surface area contributed by atoms with Crippen molar-refractivity contribution in [3.63, 3.8) is 0 Å². The molecule has 118 valence electrons. The highest BCUT2D eigenvalue weighted by molar-refractivity contribution is 6.30. The molecule has 0 unspecified atom stereocenters. The lowest BCUT2D eigenvalue weighted by atomic mass is 10.2. The summed E-state index contributed by atoms with van der Waals surface area (Å²) in [5.74, 6) is 5.26. The predicted octanol–water partition coefficient (Wildman–Crippen LogP) is 4.15. The third-order valence-electron chi connectivity index (χ3n) is 2.88. The van der Waals surface area contributed by atoms with Crippen LogP contribution in [0.5, 0.6) is 0 Å². The molecule has 0 aromatic heterocycles. The molecule has 0 spiro atoms. The number of amides is 1. The number of halogens is 2. The Morgan fingerprint density at radius 1 is 1.22 bits per heavy atom. The highest BCUT2D eigenvalue weighted by Gasteiger charge is 2.01. The standard InChI is InChI=1S/C18H15ClFNO2/c19-16-12-14(9-10-17(16)20)6-4-5-11-21-18(22)23-13-15-7-2-1-3-8-15/h1-3,7-10,12H,5,11,13H2,(H,21,22). The van der Waals surface area contributed by atoms with E-state index in [9.17, 15) is 9.18 Å². The summed E-state index contributed by atoms with van der Waals surface area (Å²) in [7, 11) is 0. The van der Waals surface area contributed by atoms with E-state index in [1.54, 1.807) is 6.07 Å². The first-order chi connectivity index (χ1) is 11.1. The Hall–Kier alpha value is -2.51. The number of alkyl carbamates (subject to hydrolysis) is 1. The van der Waals surface area contributed by atoms with Gasteiger partial charge >= 0.3 is 6.09 Å². The summed E-state index contributed by atoms with van der Waals surface area (Å²) in [5.41, 5.74) is 1.55. The van der Waals surface area contributed by atoms with Crippen molar-refractivity contribution in [2.24, 2.45) is 0 Å². The van der Waals surface area contributed by atoms with Crippen LogP contribution in [0, 0.1) is 17.7 Å². The molecule has 1 amide bonds. The summed E-state index contributed by atoms with van der Waals surface area (Å²) in [6.07, 6.45) is -0.0319. The molecule has 0 atom stereocenters. The zero-order chi connectivity index (χ0) is 16.5. The predicted molar refractivity (Wildman–Crippen MR) is 87.5 cm³/mol. The van der Waals surface area contributed by atoms with Gasteiger partial charge in [0.1, 0.15) is 12.4 Å². The van der Waals surface area contributed by atoms with E-state index in [0.29, 0.717) is 18.5 Å². The zero-order valence-electron chi connectivity index (χ0n) is 12.3. The molecule has 2 aromatic rings. The summed E-state index contributed by atoms with van der Waals surface area (Å²) in [5, 5.41) is 2.65. The van der Waals surface area contributed by atoms with E-state index in [2.05, 4.69) is 17.2 Å². The van der Waals surface area contributed by atoms with Crippen LogP contribution in [0.3, 0.4) is 0 Å². The Kier molecular flexibility index (Phi) is 6.46. The largest absolute Gasteiger partial charge is 0.445 e. The normalized spacial score (nSPS) is 9.65. The molecule has 0 aliphatic carbocycles. The SMILES string of the molecule is O=C(NCCC#Cc1ccc(F)c(Cl)c1)OCc1ccccc1. The summed E-state index contributed by atoms with van der Waals surface area (Å²) in [6, 6.07) is 13.7. The van der Waals surface area contributed by atoms with Gasteiger partial charge in [-0.3, -0.25) is 0 Å². The van der Waals surface area contributed by atoms with Gasteiger partial charge in [-0.2, -0.15) is 0 Å². The molecule has 0 aliphatic heterocycles. The maximum atomic E-state index is 13.0. The summed E-state index contributed by atoms with van der Waals surface area (Å²) in [6.45, 7) is 0.599. The molecule has 1 N–H and O–H groups in total. The lowest BCUT2D eigenvalue weighted by molar-refractivity contribution is 0.140. The Bertz CT molecular complexity index is 723. The fourth-order valence-electron chi connectivity index (χ4n) is 1.74. The number of carbonyl (C=O) groups is 1. The molecule has 0 saturated heterocycles. The van der Waals surface area contributed by atoms with Gasteiger partial charge in [-0.05, 0) is 23.8 Å². The van der Waals surface area contributed by atoms with Gasteiger partial charge in [0.25, 0.3) is 0 Å². The second kappa shape index (κ2) is 8.82. The third kappa shape index (κ3) is 6.01. The fraction of sp³-hybridized carbons (Fsp3) is 0.167. The number of hydrogen-bond donors (Lipinski definition) is 1. The van der Waals surface area contributed by atoms with Gasteiger partial charge in [0.2, 0.25) is 0 Å². The van der Waals surface area contributed by atoms with E-state index < -0.39 is 11.9 Å². The minimum absolute atomic E-state index is 0.0411. The van der Waals surface area contributed by atoms with E-state index in [1.807, 2.05) is 30.3 Å². The quantitative estimate of drug-likeness (QED) is 0.675. The Balaban J connectivity index is 1.68. The van der Waals surface area contributed by atoms with Gasteiger partial charge in [-0.1, -0.05) is 53.8 Å². The smallest absolute Gasteiger partial charge is 0.407 e. The van der Waals surface area contributed by atoms with Crippen molar-refractivity contribution >= 4 is 17.7 Å². The Labute approximate surface area is 139 Å². The molecule has 23 heavy (non-hydrogen) atoms. The molecule has 0 heterocycles. The van der Waals surface area contributed by atoms with Crippen LogP contribution >= 0.6 is 11.6 Å². The van der Waals surface area contributed by atoms with Crippen LogP contribution in [-0.2, 0) is 11.3 Å². The zero-order valence-corrected chi connectivity index (χ0v) is 13.1. The average molecular weight is 332 g/mol. The number of ether oxygens (including phenoxy) is 1. The average Bonchev–Trinajstić information content (AvgIpc) is 2.57. The lowest BCUT2D eigenvalue weighted by Crippen LogP contribution is -2.24. The third-order valence-corrected chi connectivity index (χ3v) is 3.17. The summed E-state index contributed by atoms with van der Waals surface area (Å²) < 4.78 is 18.0. The Morgan fingerprint density at radius 2 is 2.00 bits per heavy atom. The van der Waals surface area contributed by atoms with Gasteiger partial charge in [0.15, 0.2) is 0 Å². The van der Waals surface area contributed by atoms with Crippen molar-refractivity contribution in [3.8, 4) is 11.8 Å². The molecule has 0 fully saturated rings. The molecular formula is C18H15ClFNO2. The maximum Gasteiger partial charge on any atom is 0.407 e. The molecule has 0 saturated carbocycles. The molecule has 0 radical (unpaired) electrons. The topological polar surface area (TPSA) is 38.3 Å². The second-order valence-electron chi connectivity index (χ2n) is 4.67. The fourth-order valence-corrected chi connectivity index (χ4v) is 1.92. The first-order valence-corrected chi connectivity index (χ1v) is 7.41. The first-order valence-electron chi connectivity index (χ1n) is 7.03. The maximum absolute atomic E-state index is 13.0. The van der Waals surface area contributed by atoms with Crippen molar-refractivity contribution < 1.29 is 13.9 Å². The van der Waals surface area contributed by atoms with Gasteiger partial charge in [-0.25, -0.2) is 9.18 Å². The lowest BCUT2D eigenvalue weighted by Gasteiger charge is -2.05. The molecule has 0 aliphatic rings. The number of benzene rings is 2. The van der Waals surface area contributed by atoms with E-state index >= 15 is 0 Å².